The van der Waals surface area contributed by atoms with Gasteiger partial charge in [-0.15, -0.1) is 0 Å². The Balaban J connectivity index is 2.19. The second-order valence-corrected chi connectivity index (χ2v) is 4.07. The van der Waals surface area contributed by atoms with Gasteiger partial charge in [-0.05, 0) is 31.5 Å². The molecule has 1 aromatic rings. The number of ketones is 1. The monoisotopic (exact) mass is 225 g/mol. The number of hydrogen-bond donors (Lipinski definition) is 1. The minimum absolute atomic E-state index is 0.131. The first-order chi connectivity index (χ1) is 7.66. The van der Waals surface area contributed by atoms with Crippen LogP contribution in [0.25, 0.3) is 0 Å². The number of carbonyl (C=O) groups is 1. The van der Waals surface area contributed by atoms with E-state index in [1.165, 1.54) is 0 Å². The number of piperidine rings is 1. The van der Waals surface area contributed by atoms with Gasteiger partial charge in [-0.3, -0.25) is 4.79 Å². The predicted molar refractivity (Wildman–Crippen MR) is 56.3 cm³/mol. The molecule has 0 amide bonds. The molecule has 1 aromatic carbocycles. The van der Waals surface area contributed by atoms with E-state index < -0.39 is 11.6 Å². The first kappa shape index (κ1) is 11.2. The summed E-state index contributed by atoms with van der Waals surface area (Å²) in [6, 6.07) is 2.97. The van der Waals surface area contributed by atoms with Crippen LogP contribution in [0.2, 0.25) is 0 Å². The van der Waals surface area contributed by atoms with Crippen molar-refractivity contribution in [3.8, 4) is 0 Å². The molecule has 0 aromatic heterocycles. The zero-order chi connectivity index (χ0) is 11.5. The SMILES string of the molecule is O=C(c1cc(F)cc(F)c1)C1CCCNC1. The van der Waals surface area contributed by atoms with Gasteiger partial charge < -0.3 is 5.32 Å². The van der Waals surface area contributed by atoms with E-state index in [-0.39, 0.29) is 17.3 Å². The van der Waals surface area contributed by atoms with Gasteiger partial charge in [0.05, 0.1) is 0 Å². The van der Waals surface area contributed by atoms with Gasteiger partial charge in [0, 0.05) is 24.1 Å². The first-order valence-electron chi connectivity index (χ1n) is 5.38. The number of Topliss-reactive ketones (excluding diaryl/α,β-unsaturated/α-hetero) is 1. The summed E-state index contributed by atoms with van der Waals surface area (Å²) in [7, 11) is 0. The molecular weight excluding hydrogens is 212 g/mol. The van der Waals surface area contributed by atoms with Crippen molar-refractivity contribution in [2.75, 3.05) is 13.1 Å². The van der Waals surface area contributed by atoms with Crippen LogP contribution < -0.4 is 5.32 Å². The van der Waals surface area contributed by atoms with Gasteiger partial charge >= 0.3 is 0 Å². The molecule has 2 nitrogen and oxygen atoms in total. The zero-order valence-corrected chi connectivity index (χ0v) is 8.80. The number of benzene rings is 1. The maximum atomic E-state index is 12.9. The summed E-state index contributed by atoms with van der Waals surface area (Å²) < 4.78 is 25.9. The van der Waals surface area contributed by atoms with E-state index in [0.29, 0.717) is 6.54 Å². The van der Waals surface area contributed by atoms with Crippen LogP contribution >= 0.6 is 0 Å². The molecule has 1 fully saturated rings. The van der Waals surface area contributed by atoms with Gasteiger partial charge in [0.25, 0.3) is 0 Å². The maximum absolute atomic E-state index is 12.9. The molecule has 1 aliphatic heterocycles. The van der Waals surface area contributed by atoms with Crippen LogP contribution in [-0.4, -0.2) is 18.9 Å². The van der Waals surface area contributed by atoms with E-state index >= 15 is 0 Å². The van der Waals surface area contributed by atoms with Crippen molar-refractivity contribution in [3.63, 3.8) is 0 Å². The molecule has 0 radical (unpaired) electrons. The normalized spacial score (nSPS) is 20.8. The lowest BCUT2D eigenvalue weighted by Crippen LogP contribution is -2.34. The molecule has 4 heteroatoms. The standard InChI is InChI=1S/C12H13F2NO/c13-10-4-9(5-11(14)6-10)12(16)8-2-1-3-15-7-8/h4-6,8,15H,1-3,7H2. The topological polar surface area (TPSA) is 29.1 Å². The Morgan fingerprint density at radius 1 is 1.25 bits per heavy atom. The van der Waals surface area contributed by atoms with Crippen molar-refractivity contribution in [3.05, 3.63) is 35.4 Å². The van der Waals surface area contributed by atoms with Crippen LogP contribution in [0.4, 0.5) is 8.78 Å². The molecule has 16 heavy (non-hydrogen) atoms. The summed E-state index contributed by atoms with van der Waals surface area (Å²) in [5, 5.41) is 3.11. The molecule has 0 bridgehead atoms. The largest absolute Gasteiger partial charge is 0.316 e. The first-order valence-corrected chi connectivity index (χ1v) is 5.38. The van der Waals surface area contributed by atoms with Gasteiger partial charge in [0.1, 0.15) is 11.6 Å². The molecule has 0 saturated carbocycles. The third kappa shape index (κ3) is 2.44. The fourth-order valence-corrected chi connectivity index (χ4v) is 2.01. The molecule has 1 unspecified atom stereocenters. The van der Waals surface area contributed by atoms with E-state index in [4.69, 9.17) is 0 Å². The van der Waals surface area contributed by atoms with Crippen LogP contribution in [0.15, 0.2) is 18.2 Å². The Hall–Kier alpha value is -1.29. The van der Waals surface area contributed by atoms with Crippen LogP contribution in [0.1, 0.15) is 23.2 Å². The van der Waals surface area contributed by atoms with Crippen molar-refractivity contribution in [1.82, 2.24) is 5.32 Å². The second kappa shape index (κ2) is 4.70. The highest BCUT2D eigenvalue weighted by atomic mass is 19.1. The highest BCUT2D eigenvalue weighted by Gasteiger charge is 2.22. The number of rotatable bonds is 2. The number of nitrogens with one attached hydrogen (secondary N) is 1. The number of carbonyl (C=O) groups excluding carboxylic acids is 1. The Morgan fingerprint density at radius 3 is 2.50 bits per heavy atom. The highest BCUT2D eigenvalue weighted by Crippen LogP contribution is 2.18. The summed E-state index contributed by atoms with van der Waals surface area (Å²) in [6.07, 6.45) is 1.71. The Kier molecular flexibility index (Phi) is 3.29. The van der Waals surface area contributed by atoms with Crippen molar-refractivity contribution < 1.29 is 13.6 Å². The van der Waals surface area contributed by atoms with Gasteiger partial charge in [0.2, 0.25) is 0 Å². The quantitative estimate of drug-likeness (QED) is 0.781. The summed E-state index contributed by atoms with van der Waals surface area (Å²) in [5.74, 6) is -1.74. The van der Waals surface area contributed by atoms with E-state index in [1.54, 1.807) is 0 Å². The zero-order valence-electron chi connectivity index (χ0n) is 8.80. The summed E-state index contributed by atoms with van der Waals surface area (Å²) in [4.78, 5) is 11.9. The van der Waals surface area contributed by atoms with Crippen LogP contribution in [0.5, 0.6) is 0 Å². The molecule has 1 saturated heterocycles. The van der Waals surface area contributed by atoms with Crippen molar-refractivity contribution >= 4 is 5.78 Å². The Bertz CT molecular complexity index is 380. The number of hydrogen-bond acceptors (Lipinski definition) is 2. The van der Waals surface area contributed by atoms with E-state index in [1.807, 2.05) is 0 Å². The molecule has 1 aliphatic rings. The van der Waals surface area contributed by atoms with E-state index in [2.05, 4.69) is 5.32 Å². The van der Waals surface area contributed by atoms with Gasteiger partial charge in [0.15, 0.2) is 5.78 Å². The number of halogens is 2. The van der Waals surface area contributed by atoms with Gasteiger partial charge in [-0.2, -0.15) is 0 Å². The maximum Gasteiger partial charge on any atom is 0.167 e. The average Bonchev–Trinajstić information content (AvgIpc) is 2.28. The lowest BCUT2D eigenvalue weighted by atomic mass is 9.91. The summed E-state index contributed by atoms with van der Waals surface area (Å²) in [6.45, 7) is 1.50. The summed E-state index contributed by atoms with van der Waals surface area (Å²) in [5.41, 5.74) is 0.131. The van der Waals surface area contributed by atoms with Crippen LogP contribution in [0, 0.1) is 17.6 Å². The lowest BCUT2D eigenvalue weighted by molar-refractivity contribution is 0.0898. The Morgan fingerprint density at radius 2 is 1.94 bits per heavy atom. The average molecular weight is 225 g/mol. The van der Waals surface area contributed by atoms with E-state index in [0.717, 1.165) is 37.6 Å². The minimum atomic E-state index is -0.702. The third-order valence-electron chi connectivity index (χ3n) is 2.81. The van der Waals surface area contributed by atoms with Crippen molar-refractivity contribution in [1.29, 1.82) is 0 Å². The van der Waals surface area contributed by atoms with Crippen molar-refractivity contribution in [2.24, 2.45) is 5.92 Å². The molecule has 0 aliphatic carbocycles. The molecule has 2 rings (SSSR count). The molecule has 1 N–H and O–H groups in total. The summed E-state index contributed by atoms with van der Waals surface area (Å²) >= 11 is 0. The molecule has 1 heterocycles. The minimum Gasteiger partial charge on any atom is -0.316 e. The predicted octanol–water partition coefficient (Wildman–Crippen LogP) is 2.15. The van der Waals surface area contributed by atoms with Crippen molar-refractivity contribution in [2.45, 2.75) is 12.8 Å². The molecule has 86 valence electrons. The van der Waals surface area contributed by atoms with Crippen LogP contribution in [0.3, 0.4) is 0 Å². The smallest absolute Gasteiger partial charge is 0.167 e. The third-order valence-corrected chi connectivity index (χ3v) is 2.81. The Labute approximate surface area is 92.7 Å². The molecule has 1 atom stereocenters. The molecular formula is C12H13F2NO. The lowest BCUT2D eigenvalue weighted by Gasteiger charge is -2.21. The highest BCUT2D eigenvalue weighted by molar-refractivity contribution is 5.98. The second-order valence-electron chi connectivity index (χ2n) is 4.07. The van der Waals surface area contributed by atoms with Gasteiger partial charge in [-0.25, -0.2) is 8.78 Å². The fourth-order valence-electron chi connectivity index (χ4n) is 2.01. The molecule has 0 spiro atoms. The fraction of sp³-hybridized carbons (Fsp3) is 0.417. The van der Waals surface area contributed by atoms with E-state index in [9.17, 15) is 13.6 Å². The van der Waals surface area contributed by atoms with Gasteiger partial charge in [-0.1, -0.05) is 0 Å². The van der Waals surface area contributed by atoms with Crippen LogP contribution in [-0.2, 0) is 0 Å².